The minimum absolute atomic E-state index is 0.208. The summed E-state index contributed by atoms with van der Waals surface area (Å²) in [6, 6.07) is 7.80. The molecule has 5 heteroatoms. The molecular formula is C14H17N3OS. The van der Waals surface area contributed by atoms with Crippen molar-refractivity contribution in [2.45, 2.75) is 26.3 Å². The Labute approximate surface area is 118 Å². The van der Waals surface area contributed by atoms with Crippen LogP contribution in [0.3, 0.4) is 0 Å². The highest BCUT2D eigenvalue weighted by Crippen LogP contribution is 2.13. The molecule has 0 aliphatic carbocycles. The van der Waals surface area contributed by atoms with Crippen LogP contribution < -0.4 is 11.1 Å². The molecular weight excluding hydrogens is 258 g/mol. The number of anilines is 1. The molecule has 0 amide bonds. The topological polar surface area (TPSA) is 64.1 Å². The monoisotopic (exact) mass is 275 g/mol. The van der Waals surface area contributed by atoms with Crippen molar-refractivity contribution in [1.29, 1.82) is 0 Å². The van der Waals surface area contributed by atoms with E-state index in [1.807, 2.05) is 31.2 Å². The minimum atomic E-state index is 0.208. The number of hydrogen-bond donors (Lipinski definition) is 2. The molecule has 0 spiro atoms. The van der Waals surface area contributed by atoms with Crippen molar-refractivity contribution in [3.05, 3.63) is 47.5 Å². The van der Waals surface area contributed by atoms with Crippen LogP contribution in [0.1, 0.15) is 23.9 Å². The quantitative estimate of drug-likeness (QED) is 0.821. The molecule has 1 unspecified atom stereocenters. The average Bonchev–Trinajstić information content (AvgIpc) is 2.80. The lowest BCUT2D eigenvalue weighted by Gasteiger charge is -2.14. The van der Waals surface area contributed by atoms with E-state index in [0.29, 0.717) is 4.99 Å². The highest BCUT2D eigenvalue weighted by Gasteiger charge is 2.08. The number of aromatic nitrogens is 1. The van der Waals surface area contributed by atoms with Gasteiger partial charge in [0.2, 0.25) is 0 Å². The fourth-order valence-electron chi connectivity index (χ4n) is 1.92. The molecule has 0 fully saturated rings. The lowest BCUT2D eigenvalue weighted by atomic mass is 10.2. The number of aryl methyl sites for hydroxylation is 1. The number of nitrogens with one attached hydrogen (secondary N) is 1. The molecule has 0 radical (unpaired) electrons. The summed E-state index contributed by atoms with van der Waals surface area (Å²) in [6.07, 6.45) is 2.48. The van der Waals surface area contributed by atoms with Gasteiger partial charge >= 0.3 is 0 Å². The van der Waals surface area contributed by atoms with E-state index in [1.165, 1.54) is 0 Å². The van der Waals surface area contributed by atoms with E-state index in [0.717, 1.165) is 29.3 Å². The SMILES string of the molecule is Cc1cc(C(N)=S)cc(NC(C)Cc2ccco2)n1. The van der Waals surface area contributed by atoms with Crippen molar-refractivity contribution in [2.75, 3.05) is 5.32 Å². The zero-order chi connectivity index (χ0) is 13.8. The largest absolute Gasteiger partial charge is 0.469 e. The van der Waals surface area contributed by atoms with Gasteiger partial charge in [-0.05, 0) is 38.1 Å². The van der Waals surface area contributed by atoms with Crippen LogP contribution in [0.5, 0.6) is 0 Å². The molecule has 0 saturated carbocycles. The van der Waals surface area contributed by atoms with Gasteiger partial charge in [-0.3, -0.25) is 0 Å². The minimum Gasteiger partial charge on any atom is -0.469 e. The number of hydrogen-bond acceptors (Lipinski definition) is 4. The predicted octanol–water partition coefficient (Wildman–Crippen LogP) is 2.66. The second kappa shape index (κ2) is 5.84. The van der Waals surface area contributed by atoms with Crippen LogP contribution >= 0.6 is 12.2 Å². The van der Waals surface area contributed by atoms with Crippen molar-refractivity contribution < 1.29 is 4.42 Å². The van der Waals surface area contributed by atoms with E-state index in [9.17, 15) is 0 Å². The third-order valence-corrected chi connectivity index (χ3v) is 2.96. The van der Waals surface area contributed by atoms with Crippen molar-refractivity contribution >= 4 is 23.0 Å². The van der Waals surface area contributed by atoms with Crippen LogP contribution in [-0.2, 0) is 6.42 Å². The Balaban J connectivity index is 2.08. The first kappa shape index (κ1) is 13.5. The molecule has 4 nitrogen and oxygen atoms in total. The summed E-state index contributed by atoms with van der Waals surface area (Å²) < 4.78 is 5.33. The van der Waals surface area contributed by atoms with E-state index in [4.69, 9.17) is 22.4 Å². The molecule has 2 aromatic rings. The average molecular weight is 275 g/mol. The van der Waals surface area contributed by atoms with Gasteiger partial charge in [-0.15, -0.1) is 0 Å². The third kappa shape index (κ3) is 3.79. The van der Waals surface area contributed by atoms with Gasteiger partial charge in [0.15, 0.2) is 0 Å². The van der Waals surface area contributed by atoms with Gasteiger partial charge in [-0.1, -0.05) is 12.2 Å². The molecule has 100 valence electrons. The van der Waals surface area contributed by atoms with Crippen molar-refractivity contribution in [3.63, 3.8) is 0 Å². The Morgan fingerprint density at radius 3 is 2.95 bits per heavy atom. The summed E-state index contributed by atoms with van der Waals surface area (Å²) in [5.41, 5.74) is 7.37. The third-order valence-electron chi connectivity index (χ3n) is 2.72. The molecule has 0 bridgehead atoms. The van der Waals surface area contributed by atoms with Crippen molar-refractivity contribution in [3.8, 4) is 0 Å². The number of pyridine rings is 1. The highest BCUT2D eigenvalue weighted by molar-refractivity contribution is 7.80. The molecule has 1 atom stereocenters. The second-order valence-electron chi connectivity index (χ2n) is 4.58. The predicted molar refractivity (Wildman–Crippen MR) is 80.4 cm³/mol. The zero-order valence-electron chi connectivity index (χ0n) is 11.0. The summed E-state index contributed by atoms with van der Waals surface area (Å²) in [4.78, 5) is 4.81. The number of nitrogens with two attached hydrogens (primary N) is 1. The Morgan fingerprint density at radius 2 is 2.32 bits per heavy atom. The van der Waals surface area contributed by atoms with E-state index < -0.39 is 0 Å². The molecule has 2 aromatic heterocycles. The molecule has 0 aliphatic rings. The van der Waals surface area contributed by atoms with Gasteiger partial charge in [0.25, 0.3) is 0 Å². The molecule has 3 N–H and O–H groups in total. The number of nitrogens with zero attached hydrogens (tertiary/aromatic N) is 1. The Bertz CT molecular complexity index is 566. The fourth-order valence-corrected chi connectivity index (χ4v) is 2.04. The molecule has 2 rings (SSSR count). The molecule has 2 heterocycles. The molecule has 19 heavy (non-hydrogen) atoms. The maximum absolute atomic E-state index is 5.65. The van der Waals surface area contributed by atoms with E-state index in [-0.39, 0.29) is 6.04 Å². The van der Waals surface area contributed by atoms with Crippen LogP contribution in [-0.4, -0.2) is 16.0 Å². The van der Waals surface area contributed by atoms with Gasteiger partial charge in [0, 0.05) is 23.7 Å². The Hall–Kier alpha value is -1.88. The van der Waals surface area contributed by atoms with Crippen molar-refractivity contribution in [2.24, 2.45) is 5.73 Å². The van der Waals surface area contributed by atoms with Crippen molar-refractivity contribution in [1.82, 2.24) is 4.98 Å². The maximum atomic E-state index is 5.65. The van der Waals surface area contributed by atoms with E-state index in [2.05, 4.69) is 17.2 Å². The van der Waals surface area contributed by atoms with Gasteiger partial charge in [-0.25, -0.2) is 4.98 Å². The maximum Gasteiger partial charge on any atom is 0.127 e. The van der Waals surface area contributed by atoms with Crippen LogP contribution in [0.15, 0.2) is 34.9 Å². The first-order valence-electron chi connectivity index (χ1n) is 6.12. The molecule has 0 aromatic carbocycles. The van der Waals surface area contributed by atoms with Gasteiger partial charge in [-0.2, -0.15) is 0 Å². The second-order valence-corrected chi connectivity index (χ2v) is 5.02. The lowest BCUT2D eigenvalue weighted by molar-refractivity contribution is 0.497. The smallest absolute Gasteiger partial charge is 0.127 e. The van der Waals surface area contributed by atoms with E-state index in [1.54, 1.807) is 6.26 Å². The number of rotatable bonds is 5. The Kier molecular flexibility index (Phi) is 4.16. The highest BCUT2D eigenvalue weighted by atomic mass is 32.1. The first-order chi connectivity index (χ1) is 9.04. The van der Waals surface area contributed by atoms with Gasteiger partial charge in [0.1, 0.15) is 16.6 Å². The summed E-state index contributed by atoms with van der Waals surface area (Å²) >= 11 is 5.00. The first-order valence-corrected chi connectivity index (χ1v) is 6.53. The summed E-state index contributed by atoms with van der Waals surface area (Å²) in [5, 5.41) is 3.33. The van der Waals surface area contributed by atoms with Crippen LogP contribution in [0.2, 0.25) is 0 Å². The van der Waals surface area contributed by atoms with Crippen LogP contribution in [0.25, 0.3) is 0 Å². The Morgan fingerprint density at radius 1 is 1.53 bits per heavy atom. The van der Waals surface area contributed by atoms with E-state index >= 15 is 0 Å². The normalized spacial score (nSPS) is 12.1. The molecule has 0 aliphatic heterocycles. The van der Waals surface area contributed by atoms with Gasteiger partial charge in [0.05, 0.1) is 6.26 Å². The lowest BCUT2D eigenvalue weighted by Crippen LogP contribution is -2.19. The van der Waals surface area contributed by atoms with Gasteiger partial charge < -0.3 is 15.5 Å². The summed E-state index contributed by atoms with van der Waals surface area (Å²) in [5.74, 6) is 1.73. The number of thiocarbonyl (C=S) groups is 1. The number of furan rings is 1. The fraction of sp³-hybridized carbons (Fsp3) is 0.286. The zero-order valence-corrected chi connectivity index (χ0v) is 11.8. The summed E-state index contributed by atoms with van der Waals surface area (Å²) in [7, 11) is 0. The standard InChI is InChI=1S/C14H17N3OS/c1-9-6-11(14(15)19)8-13(16-9)17-10(2)7-12-4-3-5-18-12/h3-6,8,10H,7H2,1-2H3,(H2,15,19)(H,16,17). The van der Waals surface area contributed by atoms with Crippen LogP contribution in [0.4, 0.5) is 5.82 Å². The van der Waals surface area contributed by atoms with Crippen LogP contribution in [0, 0.1) is 6.92 Å². The summed E-state index contributed by atoms with van der Waals surface area (Å²) in [6.45, 7) is 4.00. The molecule has 0 saturated heterocycles.